The van der Waals surface area contributed by atoms with E-state index >= 15 is 0 Å². The lowest BCUT2D eigenvalue weighted by Crippen LogP contribution is -2.24. The quantitative estimate of drug-likeness (QED) is 0.730. The average molecular weight is 282 g/mol. The monoisotopic (exact) mass is 282 g/mol. The second kappa shape index (κ2) is 7.22. The van der Waals surface area contributed by atoms with E-state index in [9.17, 15) is 14.4 Å². The van der Waals surface area contributed by atoms with Crippen LogP contribution in [-0.2, 0) is 14.4 Å². The molecule has 0 aromatic carbocycles. The predicted molar refractivity (Wildman–Crippen MR) is 73.3 cm³/mol. The lowest BCUT2D eigenvalue weighted by molar-refractivity contribution is -0.140. The van der Waals surface area contributed by atoms with Crippen LogP contribution in [0.15, 0.2) is 11.6 Å². The number of carbonyl (C=O) groups excluding carboxylic acids is 1. The van der Waals surface area contributed by atoms with Crippen LogP contribution < -0.4 is 0 Å². The second-order valence-electron chi connectivity index (χ2n) is 5.84. The van der Waals surface area contributed by atoms with Crippen LogP contribution in [0.1, 0.15) is 46.0 Å². The topological polar surface area (TPSA) is 91.7 Å². The molecule has 1 fully saturated rings. The van der Waals surface area contributed by atoms with Gasteiger partial charge in [0.05, 0.1) is 0 Å². The Balaban J connectivity index is 2.72. The summed E-state index contributed by atoms with van der Waals surface area (Å²) in [6.07, 6.45) is 3.30. The first-order valence-electron chi connectivity index (χ1n) is 6.96. The summed E-state index contributed by atoms with van der Waals surface area (Å²) in [6, 6.07) is 0. The zero-order valence-corrected chi connectivity index (χ0v) is 12.0. The van der Waals surface area contributed by atoms with Gasteiger partial charge in [0.2, 0.25) is 0 Å². The van der Waals surface area contributed by atoms with Crippen molar-refractivity contribution in [2.45, 2.75) is 46.0 Å². The molecule has 1 aliphatic carbocycles. The van der Waals surface area contributed by atoms with Gasteiger partial charge in [0.25, 0.3) is 0 Å². The van der Waals surface area contributed by atoms with Gasteiger partial charge in [-0.05, 0) is 36.7 Å². The van der Waals surface area contributed by atoms with Crippen LogP contribution in [0.3, 0.4) is 0 Å². The van der Waals surface area contributed by atoms with E-state index in [1.807, 2.05) is 6.92 Å². The van der Waals surface area contributed by atoms with Gasteiger partial charge in [-0.3, -0.25) is 14.4 Å². The molecule has 1 aliphatic rings. The summed E-state index contributed by atoms with van der Waals surface area (Å²) in [7, 11) is 0. The number of hydrogen-bond donors (Lipinski definition) is 2. The van der Waals surface area contributed by atoms with E-state index in [-0.39, 0.29) is 24.5 Å². The molecule has 20 heavy (non-hydrogen) atoms. The molecular formula is C15H22O5. The zero-order chi connectivity index (χ0) is 15.3. The highest BCUT2D eigenvalue weighted by atomic mass is 16.4. The lowest BCUT2D eigenvalue weighted by Gasteiger charge is -2.25. The zero-order valence-electron chi connectivity index (χ0n) is 12.0. The van der Waals surface area contributed by atoms with Crippen molar-refractivity contribution in [3.63, 3.8) is 0 Å². The molecule has 5 heteroatoms. The minimum atomic E-state index is -1.01. The standard InChI is InChI=1S/C15H22O5/c1-9-5-10(2)15(20)12(6-9)4-3-11(7-13(16)17)8-14(18)19/h4,9-11H,3,5-8H2,1-2H3,(H,16,17)(H,18,19)/b12-4+. The Hall–Kier alpha value is -1.65. The third-order valence-corrected chi connectivity index (χ3v) is 3.71. The van der Waals surface area contributed by atoms with Crippen LogP contribution in [0, 0.1) is 17.8 Å². The second-order valence-corrected chi connectivity index (χ2v) is 5.84. The van der Waals surface area contributed by atoms with Crippen LogP contribution >= 0.6 is 0 Å². The third-order valence-electron chi connectivity index (χ3n) is 3.71. The van der Waals surface area contributed by atoms with E-state index in [1.165, 1.54) is 0 Å². The molecule has 0 amide bonds. The van der Waals surface area contributed by atoms with Gasteiger partial charge >= 0.3 is 11.9 Å². The Bertz CT molecular complexity index is 408. The summed E-state index contributed by atoms with van der Waals surface area (Å²) in [5.41, 5.74) is 0.733. The summed E-state index contributed by atoms with van der Waals surface area (Å²) >= 11 is 0. The largest absolute Gasteiger partial charge is 0.481 e. The number of carboxylic acids is 2. The molecule has 2 unspecified atom stereocenters. The predicted octanol–water partition coefficient (Wildman–Crippen LogP) is 2.50. The number of ketones is 1. The van der Waals surface area contributed by atoms with Gasteiger partial charge in [0.15, 0.2) is 5.78 Å². The Labute approximate surface area is 118 Å². The van der Waals surface area contributed by atoms with Gasteiger partial charge in [-0.25, -0.2) is 0 Å². The van der Waals surface area contributed by atoms with Crippen molar-refractivity contribution >= 4 is 17.7 Å². The van der Waals surface area contributed by atoms with E-state index in [2.05, 4.69) is 6.92 Å². The SMILES string of the molecule is CC1C/C(=C\CC(CC(=O)O)CC(=O)O)C(=O)C(C)C1. The van der Waals surface area contributed by atoms with Gasteiger partial charge in [-0.15, -0.1) is 0 Å². The fourth-order valence-electron chi connectivity index (χ4n) is 2.81. The number of allylic oxidation sites excluding steroid dienone is 2. The van der Waals surface area contributed by atoms with Gasteiger partial charge in [-0.2, -0.15) is 0 Å². The van der Waals surface area contributed by atoms with E-state index < -0.39 is 17.9 Å². The first-order chi connectivity index (χ1) is 9.29. The van der Waals surface area contributed by atoms with Crippen LogP contribution in [-0.4, -0.2) is 27.9 Å². The number of rotatable bonds is 6. The number of aliphatic carboxylic acids is 2. The molecule has 0 aliphatic heterocycles. The van der Waals surface area contributed by atoms with Crippen LogP contribution in [0.2, 0.25) is 0 Å². The Kier molecular flexibility index (Phi) is 5.92. The van der Waals surface area contributed by atoms with E-state index in [0.29, 0.717) is 18.8 Å². The molecule has 2 N–H and O–H groups in total. The first-order valence-corrected chi connectivity index (χ1v) is 6.96. The van der Waals surface area contributed by atoms with E-state index in [4.69, 9.17) is 10.2 Å². The molecule has 2 atom stereocenters. The Morgan fingerprint density at radius 1 is 1.25 bits per heavy atom. The highest BCUT2D eigenvalue weighted by Crippen LogP contribution is 2.30. The summed E-state index contributed by atoms with van der Waals surface area (Å²) in [5, 5.41) is 17.6. The highest BCUT2D eigenvalue weighted by Gasteiger charge is 2.27. The molecule has 0 heterocycles. The molecule has 112 valence electrons. The van der Waals surface area contributed by atoms with Crippen molar-refractivity contribution in [3.05, 3.63) is 11.6 Å². The van der Waals surface area contributed by atoms with Gasteiger partial charge in [0.1, 0.15) is 0 Å². The van der Waals surface area contributed by atoms with Gasteiger partial charge < -0.3 is 10.2 Å². The van der Waals surface area contributed by atoms with E-state index in [0.717, 1.165) is 12.0 Å². The van der Waals surface area contributed by atoms with Crippen LogP contribution in [0.5, 0.6) is 0 Å². The van der Waals surface area contributed by atoms with Gasteiger partial charge in [0, 0.05) is 18.8 Å². The smallest absolute Gasteiger partial charge is 0.303 e. The number of hydrogen-bond acceptors (Lipinski definition) is 3. The first kappa shape index (κ1) is 16.4. The molecule has 0 saturated heterocycles. The maximum Gasteiger partial charge on any atom is 0.303 e. The molecule has 0 radical (unpaired) electrons. The van der Waals surface area contributed by atoms with Crippen LogP contribution in [0.4, 0.5) is 0 Å². The minimum absolute atomic E-state index is 0.00222. The fourth-order valence-corrected chi connectivity index (χ4v) is 2.81. The minimum Gasteiger partial charge on any atom is -0.481 e. The number of carbonyl (C=O) groups is 3. The molecule has 0 bridgehead atoms. The Morgan fingerprint density at radius 3 is 2.30 bits per heavy atom. The number of Topliss-reactive ketones (excluding diaryl/α,β-unsaturated/α-hetero) is 1. The molecule has 1 rings (SSSR count). The molecule has 0 spiro atoms. The summed E-state index contributed by atoms with van der Waals surface area (Å²) in [4.78, 5) is 33.5. The number of carboxylic acid groups (broad SMARTS) is 2. The maximum atomic E-state index is 12.0. The van der Waals surface area contributed by atoms with Crippen molar-refractivity contribution in [1.29, 1.82) is 0 Å². The van der Waals surface area contributed by atoms with Crippen molar-refractivity contribution < 1.29 is 24.6 Å². The molecular weight excluding hydrogens is 260 g/mol. The van der Waals surface area contributed by atoms with Crippen molar-refractivity contribution in [2.24, 2.45) is 17.8 Å². The van der Waals surface area contributed by atoms with Crippen molar-refractivity contribution in [3.8, 4) is 0 Å². The third kappa shape index (κ3) is 5.15. The van der Waals surface area contributed by atoms with Gasteiger partial charge in [-0.1, -0.05) is 19.9 Å². The molecule has 0 aromatic heterocycles. The van der Waals surface area contributed by atoms with Crippen LogP contribution in [0.25, 0.3) is 0 Å². The van der Waals surface area contributed by atoms with E-state index in [1.54, 1.807) is 6.08 Å². The average Bonchev–Trinajstić information content (AvgIpc) is 2.30. The Morgan fingerprint density at radius 2 is 1.80 bits per heavy atom. The fraction of sp³-hybridized carbons (Fsp3) is 0.667. The maximum absolute atomic E-state index is 12.0. The highest BCUT2D eigenvalue weighted by molar-refractivity contribution is 5.97. The summed E-state index contributed by atoms with van der Waals surface area (Å²) in [6.45, 7) is 3.99. The molecule has 1 saturated carbocycles. The van der Waals surface area contributed by atoms with Crippen molar-refractivity contribution in [2.75, 3.05) is 0 Å². The molecule has 0 aromatic rings. The summed E-state index contributed by atoms with van der Waals surface area (Å²) < 4.78 is 0. The lowest BCUT2D eigenvalue weighted by atomic mass is 9.78. The normalized spacial score (nSPS) is 25.1. The molecule has 5 nitrogen and oxygen atoms in total. The summed E-state index contributed by atoms with van der Waals surface area (Å²) in [5.74, 6) is -1.92. The van der Waals surface area contributed by atoms with Crippen molar-refractivity contribution in [1.82, 2.24) is 0 Å².